The van der Waals surface area contributed by atoms with E-state index in [2.05, 4.69) is 25.0 Å². The van der Waals surface area contributed by atoms with Gasteiger partial charge in [-0.25, -0.2) is 29.3 Å². The standard InChI is InChI=1S/C28H26F4N8O/c1-14(2)40-12-21(28(30,31)32)36-26(40)17-8-5-15(9-18(17)29)10-19-24-20(39(3)38-19)11-33-25(37-24)22-23(16-6-7-16)34-13-35-27(22)41-4/h5,8-9,11-14,16H,6-7,10H2,1-4H3. The SMILES string of the molecule is COc1ncnc(C2CC2)c1-c1ncc2c(n1)c(Cc1ccc(-c3nc(C(F)(F)F)cn3C(C)C)c(F)c1)nn2C. The molecule has 9 nitrogen and oxygen atoms in total. The maximum Gasteiger partial charge on any atom is 0.434 e. The van der Waals surface area contributed by atoms with Gasteiger partial charge in [0.1, 0.15) is 34.6 Å². The number of benzene rings is 1. The van der Waals surface area contributed by atoms with E-state index in [-0.39, 0.29) is 23.9 Å². The first-order valence-corrected chi connectivity index (χ1v) is 13.1. The van der Waals surface area contributed by atoms with Crippen LogP contribution >= 0.6 is 0 Å². The van der Waals surface area contributed by atoms with E-state index in [1.165, 1.54) is 30.1 Å². The first-order valence-electron chi connectivity index (χ1n) is 13.1. The number of aromatic nitrogens is 8. The van der Waals surface area contributed by atoms with Crippen LogP contribution in [0.25, 0.3) is 33.8 Å². The Bertz CT molecular complexity index is 1770. The molecule has 0 saturated heterocycles. The lowest BCUT2D eigenvalue weighted by atomic mass is 10.1. The summed E-state index contributed by atoms with van der Waals surface area (Å²) in [5.74, 6) is 0.336. The number of nitrogens with zero attached hydrogens (tertiary/aromatic N) is 8. The smallest absolute Gasteiger partial charge is 0.434 e. The number of hydrogen-bond acceptors (Lipinski definition) is 7. The minimum absolute atomic E-state index is 0.0165. The highest BCUT2D eigenvalue weighted by Gasteiger charge is 2.36. The topological polar surface area (TPSA) is 96.4 Å². The largest absolute Gasteiger partial charge is 0.480 e. The molecule has 212 valence electrons. The summed E-state index contributed by atoms with van der Waals surface area (Å²) < 4.78 is 63.9. The molecule has 0 bridgehead atoms. The normalized spacial score (nSPS) is 13.9. The number of alkyl halides is 3. The molecule has 1 aromatic carbocycles. The Morgan fingerprint density at radius 1 is 1.10 bits per heavy atom. The van der Waals surface area contributed by atoms with Gasteiger partial charge in [0, 0.05) is 31.6 Å². The second-order valence-corrected chi connectivity index (χ2v) is 10.4. The number of methoxy groups -OCH3 is 1. The number of rotatable bonds is 7. The Kier molecular flexibility index (Phi) is 6.46. The highest BCUT2D eigenvalue weighted by atomic mass is 19.4. The quantitative estimate of drug-likeness (QED) is 0.226. The summed E-state index contributed by atoms with van der Waals surface area (Å²) in [7, 11) is 3.30. The summed E-state index contributed by atoms with van der Waals surface area (Å²) >= 11 is 0. The third-order valence-corrected chi connectivity index (χ3v) is 7.11. The molecule has 1 fully saturated rings. The van der Waals surface area contributed by atoms with E-state index in [1.54, 1.807) is 37.8 Å². The van der Waals surface area contributed by atoms with Crippen molar-refractivity contribution in [1.29, 1.82) is 0 Å². The van der Waals surface area contributed by atoms with Crippen molar-refractivity contribution in [2.45, 2.75) is 51.2 Å². The van der Waals surface area contributed by atoms with Crippen LogP contribution in [-0.2, 0) is 19.6 Å². The van der Waals surface area contributed by atoms with Crippen molar-refractivity contribution in [1.82, 2.24) is 39.3 Å². The second-order valence-electron chi connectivity index (χ2n) is 10.4. The molecule has 4 aromatic heterocycles. The van der Waals surface area contributed by atoms with Crippen LogP contribution in [0.5, 0.6) is 5.88 Å². The van der Waals surface area contributed by atoms with Gasteiger partial charge in [0.25, 0.3) is 0 Å². The van der Waals surface area contributed by atoms with Crippen molar-refractivity contribution in [3.05, 3.63) is 65.4 Å². The fourth-order valence-electron chi connectivity index (χ4n) is 4.93. The Hall–Kier alpha value is -4.42. The van der Waals surface area contributed by atoms with Crippen LogP contribution in [0.4, 0.5) is 17.6 Å². The van der Waals surface area contributed by atoms with Crippen molar-refractivity contribution >= 4 is 11.0 Å². The van der Waals surface area contributed by atoms with Gasteiger partial charge >= 0.3 is 6.18 Å². The number of aryl methyl sites for hydroxylation is 1. The van der Waals surface area contributed by atoms with Gasteiger partial charge in [0.2, 0.25) is 5.88 Å². The second kappa shape index (κ2) is 9.89. The molecule has 41 heavy (non-hydrogen) atoms. The summed E-state index contributed by atoms with van der Waals surface area (Å²) in [6, 6.07) is 4.05. The third-order valence-electron chi connectivity index (χ3n) is 7.11. The molecule has 0 atom stereocenters. The number of fused-ring (bicyclic) bond motifs is 1. The number of ether oxygens (including phenoxy) is 1. The van der Waals surface area contributed by atoms with Crippen LogP contribution in [0.3, 0.4) is 0 Å². The van der Waals surface area contributed by atoms with Gasteiger partial charge < -0.3 is 9.30 Å². The van der Waals surface area contributed by atoms with E-state index in [9.17, 15) is 13.2 Å². The molecule has 1 aliphatic rings. The molecule has 5 aromatic rings. The predicted octanol–water partition coefficient (Wildman–Crippen LogP) is 5.90. The molecule has 0 unspecified atom stereocenters. The van der Waals surface area contributed by atoms with Crippen LogP contribution in [0.15, 0.2) is 36.9 Å². The van der Waals surface area contributed by atoms with Gasteiger partial charge in [-0.3, -0.25) is 4.68 Å². The molecule has 13 heteroatoms. The Balaban J connectivity index is 1.37. The molecule has 0 aliphatic heterocycles. The Morgan fingerprint density at radius 2 is 1.88 bits per heavy atom. The van der Waals surface area contributed by atoms with Crippen molar-refractivity contribution in [2.75, 3.05) is 7.11 Å². The van der Waals surface area contributed by atoms with Crippen LogP contribution < -0.4 is 4.74 Å². The van der Waals surface area contributed by atoms with Gasteiger partial charge in [-0.05, 0) is 44.4 Å². The number of imidazole rings is 1. The monoisotopic (exact) mass is 566 g/mol. The number of hydrogen-bond donors (Lipinski definition) is 0. The lowest BCUT2D eigenvalue weighted by molar-refractivity contribution is -0.140. The van der Waals surface area contributed by atoms with E-state index in [4.69, 9.17) is 9.72 Å². The van der Waals surface area contributed by atoms with Crippen LogP contribution in [0.1, 0.15) is 61.3 Å². The lowest BCUT2D eigenvalue weighted by Crippen LogP contribution is -2.05. The zero-order valence-corrected chi connectivity index (χ0v) is 22.7. The minimum Gasteiger partial charge on any atom is -0.480 e. The lowest BCUT2D eigenvalue weighted by Gasteiger charge is -2.12. The third kappa shape index (κ3) is 4.89. The van der Waals surface area contributed by atoms with Gasteiger partial charge in [-0.1, -0.05) is 6.07 Å². The minimum atomic E-state index is -4.64. The summed E-state index contributed by atoms with van der Waals surface area (Å²) in [5.41, 5.74) is 2.83. The van der Waals surface area contributed by atoms with Crippen LogP contribution in [0, 0.1) is 5.82 Å². The molecular formula is C28H26F4N8O. The summed E-state index contributed by atoms with van der Waals surface area (Å²) in [5, 5.41) is 4.60. The maximum atomic E-state index is 15.4. The van der Waals surface area contributed by atoms with E-state index >= 15 is 4.39 Å². The van der Waals surface area contributed by atoms with Gasteiger partial charge in [0.05, 0.1) is 30.3 Å². The van der Waals surface area contributed by atoms with Gasteiger partial charge in [-0.15, -0.1) is 0 Å². The van der Waals surface area contributed by atoms with Crippen LogP contribution in [-0.4, -0.2) is 46.4 Å². The molecular weight excluding hydrogens is 540 g/mol. The van der Waals surface area contributed by atoms with E-state index < -0.39 is 17.7 Å². The Morgan fingerprint density at radius 3 is 2.54 bits per heavy atom. The highest BCUT2D eigenvalue weighted by Crippen LogP contribution is 2.45. The zero-order valence-electron chi connectivity index (χ0n) is 22.7. The molecule has 0 radical (unpaired) electrons. The summed E-state index contributed by atoms with van der Waals surface area (Å²) in [4.78, 5) is 21.8. The summed E-state index contributed by atoms with van der Waals surface area (Å²) in [6.45, 7) is 3.43. The molecule has 6 rings (SSSR count). The van der Waals surface area contributed by atoms with Crippen molar-refractivity contribution in [2.24, 2.45) is 7.05 Å². The zero-order chi connectivity index (χ0) is 29.1. The molecule has 1 saturated carbocycles. The van der Waals surface area contributed by atoms with E-state index in [0.29, 0.717) is 45.5 Å². The summed E-state index contributed by atoms with van der Waals surface area (Å²) in [6.07, 6.45) is 1.68. The predicted molar refractivity (Wildman–Crippen MR) is 142 cm³/mol. The molecule has 1 aliphatic carbocycles. The average molecular weight is 567 g/mol. The van der Waals surface area contributed by atoms with Crippen molar-refractivity contribution < 1.29 is 22.3 Å². The first-order chi connectivity index (χ1) is 19.5. The Labute approximate surface area is 232 Å². The molecule has 0 amide bonds. The average Bonchev–Trinajstić information content (AvgIpc) is 3.60. The van der Waals surface area contributed by atoms with Crippen molar-refractivity contribution in [3.63, 3.8) is 0 Å². The highest BCUT2D eigenvalue weighted by molar-refractivity contribution is 5.80. The van der Waals surface area contributed by atoms with Crippen molar-refractivity contribution in [3.8, 4) is 28.7 Å². The molecule has 0 N–H and O–H groups in total. The van der Waals surface area contributed by atoms with Gasteiger partial charge in [-0.2, -0.15) is 18.3 Å². The fraction of sp³-hybridized carbons (Fsp3) is 0.357. The van der Waals surface area contributed by atoms with E-state index in [1.807, 2.05) is 0 Å². The van der Waals surface area contributed by atoms with E-state index in [0.717, 1.165) is 24.7 Å². The van der Waals surface area contributed by atoms with Crippen LogP contribution in [0.2, 0.25) is 0 Å². The maximum absolute atomic E-state index is 15.4. The molecule has 4 heterocycles. The first kappa shape index (κ1) is 26.8. The van der Waals surface area contributed by atoms with Gasteiger partial charge in [0.15, 0.2) is 11.5 Å². The fourth-order valence-corrected chi connectivity index (χ4v) is 4.93. The molecule has 0 spiro atoms. The number of halogens is 4.